The van der Waals surface area contributed by atoms with Crippen LogP contribution < -0.4 is 10.2 Å². The second-order valence-corrected chi connectivity index (χ2v) is 11.3. The topological polar surface area (TPSA) is 113 Å². The number of aryl methyl sites for hydroxylation is 1. The van der Waals surface area contributed by atoms with Gasteiger partial charge in [0.05, 0.1) is 17.5 Å². The molecular formula is C29H35F2N7O4. The number of piperazine rings is 1. The van der Waals surface area contributed by atoms with Gasteiger partial charge in [0, 0.05) is 58.6 Å². The van der Waals surface area contributed by atoms with Crippen LogP contribution in [-0.4, -0.2) is 88.1 Å². The highest BCUT2D eigenvalue weighted by atomic mass is 19.1. The van der Waals surface area contributed by atoms with Gasteiger partial charge in [0.2, 0.25) is 5.95 Å². The maximum absolute atomic E-state index is 14.7. The lowest BCUT2D eigenvalue weighted by atomic mass is 10.1. The lowest BCUT2D eigenvalue weighted by Gasteiger charge is -2.35. The van der Waals surface area contributed by atoms with Crippen LogP contribution in [0.2, 0.25) is 0 Å². The van der Waals surface area contributed by atoms with E-state index in [-0.39, 0.29) is 28.8 Å². The SMILES string of the molecule is Cc1cc(NC(=O)c2ncc(-c3cc(F)c(N(C)C)nc3F)n2C)ccc1C(=O)N1CCN(C(=O)OC(C)(C)C)CC1. The molecule has 0 bridgehead atoms. The van der Waals surface area contributed by atoms with Gasteiger partial charge >= 0.3 is 6.09 Å². The average molecular weight is 584 g/mol. The molecule has 0 aliphatic carbocycles. The molecule has 0 atom stereocenters. The van der Waals surface area contributed by atoms with Crippen LogP contribution in [-0.2, 0) is 11.8 Å². The second kappa shape index (κ2) is 11.7. The van der Waals surface area contributed by atoms with Crippen LogP contribution in [0.3, 0.4) is 0 Å². The van der Waals surface area contributed by atoms with Crippen LogP contribution in [0.4, 0.5) is 25.1 Å². The van der Waals surface area contributed by atoms with Gasteiger partial charge in [-0.2, -0.15) is 9.37 Å². The Morgan fingerprint density at radius 1 is 1.02 bits per heavy atom. The molecule has 13 heteroatoms. The van der Waals surface area contributed by atoms with Crippen molar-refractivity contribution >= 4 is 29.4 Å². The molecule has 1 aromatic carbocycles. The third kappa shape index (κ3) is 6.50. The van der Waals surface area contributed by atoms with E-state index in [0.29, 0.717) is 43.0 Å². The Kier molecular flexibility index (Phi) is 8.50. The number of carbonyl (C=O) groups is 3. The summed E-state index contributed by atoms with van der Waals surface area (Å²) in [5.74, 6) is -2.51. The van der Waals surface area contributed by atoms with E-state index in [1.54, 1.807) is 69.8 Å². The zero-order valence-corrected chi connectivity index (χ0v) is 24.8. The van der Waals surface area contributed by atoms with E-state index in [1.807, 2.05) is 0 Å². The van der Waals surface area contributed by atoms with Crippen molar-refractivity contribution in [2.75, 3.05) is 50.5 Å². The van der Waals surface area contributed by atoms with Crippen molar-refractivity contribution in [2.24, 2.45) is 7.05 Å². The highest BCUT2D eigenvalue weighted by Crippen LogP contribution is 2.27. The monoisotopic (exact) mass is 583 g/mol. The first-order valence-electron chi connectivity index (χ1n) is 13.4. The summed E-state index contributed by atoms with van der Waals surface area (Å²) in [5.41, 5.74) is 1.02. The van der Waals surface area contributed by atoms with Gasteiger partial charge in [0.15, 0.2) is 17.5 Å². The standard InChI is InChI=1S/C29H35F2N7O4/c1-17-14-18(8-9-19(17)27(40)37-10-12-38(13-11-37)28(41)42-29(2,3)4)33-26(39)25-32-16-22(36(25)7)20-15-21(30)24(35(5)6)34-23(20)31/h8-9,14-16H,10-13H2,1-7H3,(H,33,39). The molecule has 3 aromatic rings. The summed E-state index contributed by atoms with van der Waals surface area (Å²) in [6.07, 6.45) is 0.876. The molecule has 1 N–H and O–H groups in total. The number of hydrogen-bond acceptors (Lipinski definition) is 7. The summed E-state index contributed by atoms with van der Waals surface area (Å²) in [7, 11) is 4.62. The fraction of sp³-hybridized carbons (Fsp3) is 0.414. The molecule has 1 fully saturated rings. The van der Waals surface area contributed by atoms with Gasteiger partial charge in [-0.15, -0.1) is 0 Å². The minimum Gasteiger partial charge on any atom is -0.444 e. The first-order valence-corrected chi connectivity index (χ1v) is 13.4. The Labute approximate surface area is 243 Å². The number of pyridine rings is 1. The van der Waals surface area contributed by atoms with Gasteiger partial charge in [0.1, 0.15) is 5.60 Å². The molecule has 224 valence electrons. The predicted molar refractivity (Wildman–Crippen MR) is 154 cm³/mol. The highest BCUT2D eigenvalue weighted by molar-refractivity contribution is 6.03. The second-order valence-electron chi connectivity index (χ2n) is 11.3. The number of rotatable bonds is 5. The van der Waals surface area contributed by atoms with Crippen molar-refractivity contribution in [1.29, 1.82) is 0 Å². The summed E-state index contributed by atoms with van der Waals surface area (Å²) < 4.78 is 35.9. The number of benzene rings is 1. The zero-order valence-electron chi connectivity index (χ0n) is 24.8. The third-order valence-electron chi connectivity index (χ3n) is 6.74. The molecule has 0 saturated carbocycles. The molecule has 11 nitrogen and oxygen atoms in total. The minimum absolute atomic E-state index is 0.0258. The van der Waals surface area contributed by atoms with Crippen molar-refractivity contribution in [3.63, 3.8) is 0 Å². The number of amides is 3. The van der Waals surface area contributed by atoms with Crippen molar-refractivity contribution < 1.29 is 27.9 Å². The third-order valence-corrected chi connectivity index (χ3v) is 6.74. The fourth-order valence-electron chi connectivity index (χ4n) is 4.58. The Morgan fingerprint density at radius 2 is 1.67 bits per heavy atom. The van der Waals surface area contributed by atoms with E-state index in [4.69, 9.17) is 4.74 Å². The summed E-state index contributed by atoms with van der Waals surface area (Å²) in [6.45, 7) is 8.65. The highest BCUT2D eigenvalue weighted by Gasteiger charge is 2.29. The van der Waals surface area contributed by atoms with Gasteiger partial charge in [0.25, 0.3) is 11.8 Å². The van der Waals surface area contributed by atoms with Crippen molar-refractivity contribution in [3.05, 3.63) is 59.2 Å². The molecule has 2 aromatic heterocycles. The lowest BCUT2D eigenvalue weighted by Crippen LogP contribution is -2.51. The predicted octanol–water partition coefficient (Wildman–Crippen LogP) is 4.08. The first kappa shape index (κ1) is 30.4. The number of halogens is 2. The number of nitrogens with zero attached hydrogens (tertiary/aromatic N) is 6. The first-order chi connectivity index (χ1) is 19.7. The van der Waals surface area contributed by atoms with Gasteiger partial charge in [-0.1, -0.05) is 0 Å². The molecule has 1 aliphatic rings. The molecule has 1 aliphatic heterocycles. The molecule has 42 heavy (non-hydrogen) atoms. The molecule has 3 heterocycles. The van der Waals surface area contributed by atoms with Gasteiger partial charge in [-0.05, 0) is 57.5 Å². The van der Waals surface area contributed by atoms with E-state index in [9.17, 15) is 23.2 Å². The van der Waals surface area contributed by atoms with Crippen LogP contribution in [0.5, 0.6) is 0 Å². The number of anilines is 2. The summed E-state index contributed by atoms with van der Waals surface area (Å²) in [6, 6.07) is 5.93. The Bertz CT molecular complexity index is 1520. The minimum atomic E-state index is -0.891. The summed E-state index contributed by atoms with van der Waals surface area (Å²) in [4.78, 5) is 51.0. The maximum atomic E-state index is 14.7. The van der Waals surface area contributed by atoms with Crippen LogP contribution in [0.25, 0.3) is 11.3 Å². The van der Waals surface area contributed by atoms with Crippen LogP contribution >= 0.6 is 0 Å². The van der Waals surface area contributed by atoms with Crippen LogP contribution in [0.1, 0.15) is 47.3 Å². The van der Waals surface area contributed by atoms with Crippen molar-refractivity contribution in [1.82, 2.24) is 24.3 Å². The largest absolute Gasteiger partial charge is 0.444 e. The molecule has 0 radical (unpaired) electrons. The van der Waals surface area contributed by atoms with Crippen LogP contribution in [0.15, 0.2) is 30.5 Å². The lowest BCUT2D eigenvalue weighted by molar-refractivity contribution is 0.0140. The Hall–Kier alpha value is -4.55. The number of carbonyl (C=O) groups excluding carboxylic acids is 3. The maximum Gasteiger partial charge on any atom is 0.410 e. The van der Waals surface area contributed by atoms with E-state index < -0.39 is 29.4 Å². The molecule has 4 rings (SSSR count). The van der Waals surface area contributed by atoms with Crippen LogP contribution in [0, 0.1) is 18.7 Å². The zero-order chi connectivity index (χ0) is 30.9. The van der Waals surface area contributed by atoms with E-state index in [2.05, 4.69) is 15.3 Å². The molecular weight excluding hydrogens is 548 g/mol. The fourth-order valence-corrected chi connectivity index (χ4v) is 4.58. The molecule has 0 unspecified atom stereocenters. The van der Waals surface area contributed by atoms with E-state index in [0.717, 1.165) is 6.07 Å². The van der Waals surface area contributed by atoms with E-state index in [1.165, 1.54) is 22.7 Å². The van der Waals surface area contributed by atoms with Gasteiger partial charge < -0.3 is 29.3 Å². The molecule has 1 saturated heterocycles. The molecule has 0 spiro atoms. The quantitative estimate of drug-likeness (QED) is 0.451. The number of aromatic nitrogens is 3. The van der Waals surface area contributed by atoms with Gasteiger partial charge in [-0.25, -0.2) is 14.2 Å². The van der Waals surface area contributed by atoms with Crippen molar-refractivity contribution in [2.45, 2.75) is 33.3 Å². The van der Waals surface area contributed by atoms with E-state index >= 15 is 0 Å². The normalized spacial score (nSPS) is 13.6. The smallest absolute Gasteiger partial charge is 0.410 e. The summed E-state index contributed by atoms with van der Waals surface area (Å²) in [5, 5.41) is 2.74. The summed E-state index contributed by atoms with van der Waals surface area (Å²) >= 11 is 0. The Morgan fingerprint density at radius 3 is 2.26 bits per heavy atom. The number of hydrogen-bond donors (Lipinski definition) is 1. The Balaban J connectivity index is 1.42. The number of ether oxygens (including phenoxy) is 1. The molecule has 3 amide bonds. The number of imidazole rings is 1. The average Bonchev–Trinajstić information content (AvgIpc) is 3.29. The van der Waals surface area contributed by atoms with Gasteiger partial charge in [-0.3, -0.25) is 9.59 Å². The van der Waals surface area contributed by atoms with Crippen molar-refractivity contribution in [3.8, 4) is 11.3 Å². The number of nitrogens with one attached hydrogen (secondary N) is 1.